The molecule has 0 amide bonds. The molecule has 0 atom stereocenters. The predicted octanol–water partition coefficient (Wildman–Crippen LogP) is 3.40. The average molecular weight is 276 g/mol. The van der Waals surface area contributed by atoms with Gasteiger partial charge in [-0.25, -0.2) is 9.66 Å². The summed E-state index contributed by atoms with van der Waals surface area (Å²) in [6.45, 7) is 1.96. The van der Waals surface area contributed by atoms with Crippen molar-refractivity contribution in [2.75, 3.05) is 5.73 Å². The van der Waals surface area contributed by atoms with Crippen LogP contribution in [0.2, 0.25) is 0 Å². The second-order valence-electron chi connectivity index (χ2n) is 4.75. The van der Waals surface area contributed by atoms with E-state index in [4.69, 9.17) is 5.73 Å². The van der Waals surface area contributed by atoms with E-state index in [1.165, 1.54) is 0 Å². The normalized spacial score (nSPS) is 11.6. The Morgan fingerprint density at radius 2 is 1.62 bits per heavy atom. The van der Waals surface area contributed by atoms with Gasteiger partial charge in [-0.1, -0.05) is 60.7 Å². The molecule has 3 rings (SSSR count). The van der Waals surface area contributed by atoms with E-state index in [1.54, 1.807) is 4.68 Å². The van der Waals surface area contributed by atoms with Crippen LogP contribution in [0, 0.1) is 0 Å². The third-order valence-electron chi connectivity index (χ3n) is 3.23. The molecule has 0 aliphatic heterocycles. The average Bonchev–Trinajstić information content (AvgIpc) is 2.90. The fourth-order valence-corrected chi connectivity index (χ4v) is 2.11. The van der Waals surface area contributed by atoms with E-state index in [9.17, 15) is 0 Å². The zero-order valence-electron chi connectivity index (χ0n) is 11.8. The van der Waals surface area contributed by atoms with Crippen LogP contribution in [-0.4, -0.2) is 15.4 Å². The van der Waals surface area contributed by atoms with Crippen molar-refractivity contribution in [3.8, 4) is 11.3 Å². The van der Waals surface area contributed by atoms with Crippen LogP contribution in [0.15, 0.2) is 72.0 Å². The summed E-state index contributed by atoms with van der Waals surface area (Å²) in [6, 6.07) is 19.9. The van der Waals surface area contributed by atoms with Crippen LogP contribution < -0.4 is 5.73 Å². The molecule has 3 aromatic rings. The molecule has 2 aromatic carbocycles. The van der Waals surface area contributed by atoms with E-state index in [0.29, 0.717) is 5.95 Å². The smallest absolute Gasteiger partial charge is 0.221 e. The third kappa shape index (κ3) is 2.84. The first kappa shape index (κ1) is 13.1. The van der Waals surface area contributed by atoms with Crippen molar-refractivity contribution in [2.45, 2.75) is 6.92 Å². The van der Waals surface area contributed by atoms with Gasteiger partial charge in [0.2, 0.25) is 5.95 Å². The Kier molecular flexibility index (Phi) is 3.51. The lowest BCUT2D eigenvalue weighted by atomic mass is 10.1. The molecule has 0 spiro atoms. The summed E-state index contributed by atoms with van der Waals surface area (Å²) in [6.07, 6.45) is 1.84. The molecule has 1 heterocycles. The molecule has 2 N–H and O–H groups in total. The molecule has 104 valence electrons. The summed E-state index contributed by atoms with van der Waals surface area (Å²) in [4.78, 5) is 4.36. The van der Waals surface area contributed by atoms with Crippen LogP contribution in [0.1, 0.15) is 12.5 Å². The number of nitrogens with two attached hydrogens (primary N) is 1. The minimum atomic E-state index is 0.379. The highest BCUT2D eigenvalue weighted by Gasteiger charge is 2.06. The molecule has 0 aliphatic rings. The first-order valence-electron chi connectivity index (χ1n) is 6.75. The molecule has 0 radical (unpaired) electrons. The van der Waals surface area contributed by atoms with Gasteiger partial charge in [-0.15, -0.1) is 0 Å². The Hall–Kier alpha value is -2.88. The zero-order chi connectivity index (χ0) is 14.7. The molecule has 0 saturated heterocycles. The maximum atomic E-state index is 5.95. The highest BCUT2D eigenvalue weighted by atomic mass is 15.4. The van der Waals surface area contributed by atoms with E-state index >= 15 is 0 Å². The molecule has 1 aromatic heterocycles. The number of nitrogens with zero attached hydrogens (tertiary/aromatic N) is 3. The number of hydrogen-bond donors (Lipinski definition) is 1. The van der Waals surface area contributed by atoms with Crippen molar-refractivity contribution in [1.29, 1.82) is 0 Å². The topological polar surface area (TPSA) is 56.2 Å². The van der Waals surface area contributed by atoms with Gasteiger partial charge in [0.1, 0.15) is 0 Å². The molecule has 0 fully saturated rings. The quantitative estimate of drug-likeness (QED) is 0.745. The Bertz CT molecular complexity index is 758. The fraction of sp³-hybridized carbons (Fsp3) is 0.0588. The second-order valence-corrected chi connectivity index (χ2v) is 4.75. The van der Waals surface area contributed by atoms with E-state index in [-0.39, 0.29) is 0 Å². The lowest BCUT2D eigenvalue weighted by molar-refractivity contribution is 0.890. The Morgan fingerprint density at radius 1 is 1.00 bits per heavy atom. The van der Waals surface area contributed by atoms with Gasteiger partial charge in [-0.3, -0.25) is 0 Å². The fourth-order valence-electron chi connectivity index (χ4n) is 2.11. The molecule has 4 heteroatoms. The Morgan fingerprint density at radius 3 is 2.29 bits per heavy atom. The molecular formula is C17H16N4. The highest BCUT2D eigenvalue weighted by molar-refractivity contribution is 5.98. The van der Waals surface area contributed by atoms with Gasteiger partial charge >= 0.3 is 0 Å². The lowest BCUT2D eigenvalue weighted by Gasteiger charge is -2.01. The van der Waals surface area contributed by atoms with Gasteiger partial charge in [-0.05, 0) is 12.5 Å². The molecule has 4 nitrogen and oxygen atoms in total. The monoisotopic (exact) mass is 276 g/mol. The van der Waals surface area contributed by atoms with E-state index < -0.39 is 0 Å². The first-order valence-corrected chi connectivity index (χ1v) is 6.75. The number of anilines is 1. The zero-order valence-corrected chi connectivity index (χ0v) is 11.8. The predicted molar refractivity (Wildman–Crippen MR) is 86.1 cm³/mol. The van der Waals surface area contributed by atoms with Gasteiger partial charge in [0.15, 0.2) is 0 Å². The van der Waals surface area contributed by atoms with Crippen molar-refractivity contribution in [1.82, 2.24) is 9.66 Å². The summed E-state index contributed by atoms with van der Waals surface area (Å²) in [5.41, 5.74) is 9.74. The van der Waals surface area contributed by atoms with Crippen LogP contribution in [0.3, 0.4) is 0 Å². The summed E-state index contributed by atoms with van der Waals surface area (Å²) in [7, 11) is 0. The second kappa shape index (κ2) is 5.63. The van der Waals surface area contributed by atoms with Crippen molar-refractivity contribution >= 4 is 11.7 Å². The van der Waals surface area contributed by atoms with Gasteiger partial charge in [0.25, 0.3) is 0 Å². The third-order valence-corrected chi connectivity index (χ3v) is 3.23. The molecular weight excluding hydrogens is 260 g/mol. The number of nitrogen functional groups attached to an aromatic ring is 1. The van der Waals surface area contributed by atoms with E-state index in [0.717, 1.165) is 22.5 Å². The SMILES string of the molecule is CC(=Nn1cc(-c2ccccc2)nc1N)c1ccccc1. The Balaban J connectivity index is 1.96. The van der Waals surface area contributed by atoms with Crippen molar-refractivity contribution in [3.05, 3.63) is 72.4 Å². The van der Waals surface area contributed by atoms with Crippen LogP contribution in [-0.2, 0) is 0 Å². The number of rotatable bonds is 3. The highest BCUT2D eigenvalue weighted by Crippen LogP contribution is 2.19. The van der Waals surface area contributed by atoms with Crippen molar-refractivity contribution < 1.29 is 0 Å². The maximum absolute atomic E-state index is 5.95. The Labute approximate surface area is 123 Å². The number of benzene rings is 2. The van der Waals surface area contributed by atoms with Crippen LogP contribution in [0.25, 0.3) is 11.3 Å². The number of imidazole rings is 1. The van der Waals surface area contributed by atoms with Gasteiger partial charge in [0, 0.05) is 5.56 Å². The lowest BCUT2D eigenvalue weighted by Crippen LogP contribution is -2.02. The molecule has 0 bridgehead atoms. The van der Waals surface area contributed by atoms with Gasteiger partial charge in [-0.2, -0.15) is 5.10 Å². The standard InChI is InChI=1S/C17H16N4/c1-13(14-8-4-2-5-9-14)20-21-12-16(19-17(21)18)15-10-6-3-7-11-15/h2-12H,1H3,(H2,18,19). The maximum Gasteiger partial charge on any atom is 0.221 e. The van der Waals surface area contributed by atoms with Gasteiger partial charge < -0.3 is 5.73 Å². The summed E-state index contributed by atoms with van der Waals surface area (Å²) < 4.78 is 1.62. The largest absolute Gasteiger partial charge is 0.368 e. The van der Waals surface area contributed by atoms with Gasteiger partial charge in [0.05, 0.1) is 17.6 Å². The molecule has 0 aliphatic carbocycles. The van der Waals surface area contributed by atoms with Crippen LogP contribution in [0.5, 0.6) is 0 Å². The summed E-state index contributed by atoms with van der Waals surface area (Å²) in [5, 5.41) is 4.52. The van der Waals surface area contributed by atoms with Crippen LogP contribution >= 0.6 is 0 Å². The minimum Gasteiger partial charge on any atom is -0.368 e. The van der Waals surface area contributed by atoms with E-state index in [1.807, 2.05) is 73.8 Å². The molecule has 0 unspecified atom stereocenters. The number of aromatic nitrogens is 2. The first-order chi connectivity index (χ1) is 10.2. The summed E-state index contributed by atoms with van der Waals surface area (Å²) >= 11 is 0. The van der Waals surface area contributed by atoms with Crippen LogP contribution in [0.4, 0.5) is 5.95 Å². The minimum absolute atomic E-state index is 0.379. The van der Waals surface area contributed by atoms with E-state index in [2.05, 4.69) is 10.1 Å². The van der Waals surface area contributed by atoms with Crippen molar-refractivity contribution in [3.63, 3.8) is 0 Å². The van der Waals surface area contributed by atoms with Crippen molar-refractivity contribution in [2.24, 2.45) is 5.10 Å². The molecule has 0 saturated carbocycles. The number of hydrogen-bond acceptors (Lipinski definition) is 3. The summed E-state index contributed by atoms with van der Waals surface area (Å²) in [5.74, 6) is 0.379. The molecule has 21 heavy (non-hydrogen) atoms.